The third-order valence-corrected chi connectivity index (χ3v) is 4.42. The minimum absolute atomic E-state index is 0.571. The Bertz CT molecular complexity index is 511. The number of halogens is 2. The first-order valence-corrected chi connectivity index (χ1v) is 7.35. The van der Waals surface area contributed by atoms with Crippen LogP contribution in [0.1, 0.15) is 4.88 Å². The van der Waals surface area contributed by atoms with E-state index in [1.807, 2.05) is 23.6 Å². The summed E-state index contributed by atoms with van der Waals surface area (Å²) in [5.74, 6) is 1.62. The highest BCUT2D eigenvalue weighted by Crippen LogP contribution is 2.30. The summed E-state index contributed by atoms with van der Waals surface area (Å²) in [6.45, 7) is 0.571. The Kier molecular flexibility index (Phi) is 4.48. The summed E-state index contributed by atoms with van der Waals surface area (Å²) in [4.78, 5) is 1.18. The molecule has 2 aromatic rings. The quantitative estimate of drug-likeness (QED) is 0.757. The molecule has 0 amide bonds. The van der Waals surface area contributed by atoms with E-state index in [9.17, 15) is 0 Å². The number of methoxy groups -OCH3 is 1. The van der Waals surface area contributed by atoms with Crippen molar-refractivity contribution in [3.63, 3.8) is 0 Å². The second-order valence-electron chi connectivity index (χ2n) is 3.32. The molecule has 2 nitrogen and oxygen atoms in total. The van der Waals surface area contributed by atoms with E-state index in [1.54, 1.807) is 18.4 Å². The molecule has 0 spiro atoms. The lowest BCUT2D eigenvalue weighted by Crippen LogP contribution is -1.94. The van der Waals surface area contributed by atoms with Crippen LogP contribution in [0.3, 0.4) is 0 Å². The summed E-state index contributed by atoms with van der Waals surface area (Å²) in [7, 11) is 1.64. The van der Waals surface area contributed by atoms with Crippen LogP contribution in [0.2, 0.25) is 0 Å². The second-order valence-corrected chi connectivity index (χ2v) is 6.08. The summed E-state index contributed by atoms with van der Waals surface area (Å²) in [6.07, 6.45) is 0. The van der Waals surface area contributed by atoms with Crippen LogP contribution in [-0.4, -0.2) is 7.11 Å². The number of ether oxygens (including phenoxy) is 2. The predicted molar refractivity (Wildman–Crippen MR) is 77.0 cm³/mol. The van der Waals surface area contributed by atoms with Crippen molar-refractivity contribution < 1.29 is 9.47 Å². The van der Waals surface area contributed by atoms with Gasteiger partial charge in [-0.25, -0.2) is 0 Å². The van der Waals surface area contributed by atoms with Crippen molar-refractivity contribution in [1.29, 1.82) is 0 Å². The van der Waals surface area contributed by atoms with Crippen LogP contribution in [0.15, 0.2) is 38.6 Å². The molecule has 2 rings (SSSR count). The zero-order valence-corrected chi connectivity index (χ0v) is 13.1. The van der Waals surface area contributed by atoms with E-state index in [4.69, 9.17) is 9.47 Å². The maximum absolute atomic E-state index is 5.72. The van der Waals surface area contributed by atoms with E-state index in [2.05, 4.69) is 37.9 Å². The van der Waals surface area contributed by atoms with E-state index < -0.39 is 0 Å². The van der Waals surface area contributed by atoms with Crippen LogP contribution < -0.4 is 9.47 Å². The van der Waals surface area contributed by atoms with E-state index in [0.717, 1.165) is 20.4 Å². The smallest absolute Gasteiger partial charge is 0.134 e. The molecule has 0 aliphatic rings. The number of hydrogen-bond donors (Lipinski definition) is 0. The predicted octanol–water partition coefficient (Wildman–Crippen LogP) is 4.86. The highest BCUT2D eigenvalue weighted by Gasteiger charge is 2.04. The molecule has 0 unspecified atom stereocenters. The molecule has 0 N–H and O–H groups in total. The van der Waals surface area contributed by atoms with Crippen molar-refractivity contribution in [3.8, 4) is 11.5 Å². The molecular formula is C12H10Br2O2S. The molecule has 0 aliphatic heterocycles. The van der Waals surface area contributed by atoms with Gasteiger partial charge >= 0.3 is 0 Å². The van der Waals surface area contributed by atoms with Crippen molar-refractivity contribution >= 4 is 43.2 Å². The van der Waals surface area contributed by atoms with Gasteiger partial charge in [0.25, 0.3) is 0 Å². The van der Waals surface area contributed by atoms with Crippen molar-refractivity contribution in [2.24, 2.45) is 0 Å². The van der Waals surface area contributed by atoms with Gasteiger partial charge in [-0.1, -0.05) is 0 Å². The number of hydrogen-bond acceptors (Lipinski definition) is 3. The summed E-state index contributed by atoms with van der Waals surface area (Å²) in [5, 5.41) is 2.04. The fourth-order valence-corrected chi connectivity index (χ4v) is 3.14. The van der Waals surface area contributed by atoms with E-state index in [0.29, 0.717) is 6.61 Å². The normalized spacial score (nSPS) is 10.3. The van der Waals surface area contributed by atoms with Gasteiger partial charge in [0, 0.05) is 14.7 Å². The molecular weight excluding hydrogens is 368 g/mol. The van der Waals surface area contributed by atoms with Gasteiger partial charge in [0.1, 0.15) is 18.1 Å². The first kappa shape index (κ1) is 12.9. The SMILES string of the molecule is COc1ccc(OCc2cc(Br)cs2)c(Br)c1. The molecule has 90 valence electrons. The molecule has 0 bridgehead atoms. The molecule has 0 saturated heterocycles. The third kappa shape index (κ3) is 3.47. The topological polar surface area (TPSA) is 18.5 Å². The Hall–Kier alpha value is -0.520. The van der Waals surface area contributed by atoms with Gasteiger partial charge in [-0.3, -0.25) is 0 Å². The summed E-state index contributed by atoms with van der Waals surface area (Å²) in [6, 6.07) is 7.72. The minimum atomic E-state index is 0.571. The van der Waals surface area contributed by atoms with Gasteiger partial charge in [0.05, 0.1) is 11.6 Å². The zero-order valence-electron chi connectivity index (χ0n) is 9.07. The lowest BCUT2D eigenvalue weighted by Gasteiger charge is -2.08. The Morgan fingerprint density at radius 3 is 2.65 bits per heavy atom. The fourth-order valence-electron chi connectivity index (χ4n) is 1.30. The first-order valence-electron chi connectivity index (χ1n) is 4.88. The lowest BCUT2D eigenvalue weighted by atomic mass is 10.3. The van der Waals surface area contributed by atoms with Gasteiger partial charge in [0.15, 0.2) is 0 Å². The zero-order chi connectivity index (χ0) is 12.3. The van der Waals surface area contributed by atoms with Crippen LogP contribution in [-0.2, 0) is 6.61 Å². The van der Waals surface area contributed by atoms with Crippen molar-refractivity contribution in [2.75, 3.05) is 7.11 Å². The highest BCUT2D eigenvalue weighted by molar-refractivity contribution is 9.10. The first-order chi connectivity index (χ1) is 8.19. The van der Waals surface area contributed by atoms with E-state index >= 15 is 0 Å². The Morgan fingerprint density at radius 2 is 2.06 bits per heavy atom. The van der Waals surface area contributed by atoms with Crippen LogP contribution in [0, 0.1) is 0 Å². The molecule has 0 atom stereocenters. The summed E-state index contributed by atoms with van der Waals surface area (Å²) >= 11 is 8.55. The van der Waals surface area contributed by atoms with Gasteiger partial charge in [-0.05, 0) is 56.1 Å². The lowest BCUT2D eigenvalue weighted by molar-refractivity contribution is 0.307. The molecule has 5 heteroatoms. The molecule has 1 aromatic heterocycles. The summed E-state index contributed by atoms with van der Waals surface area (Å²) < 4.78 is 12.8. The van der Waals surface area contributed by atoms with Gasteiger partial charge in [-0.15, -0.1) is 11.3 Å². The average molecular weight is 378 g/mol. The fraction of sp³-hybridized carbons (Fsp3) is 0.167. The molecule has 1 aromatic carbocycles. The maximum Gasteiger partial charge on any atom is 0.134 e. The summed E-state index contributed by atoms with van der Waals surface area (Å²) in [5.41, 5.74) is 0. The molecule has 0 radical (unpaired) electrons. The average Bonchev–Trinajstić information content (AvgIpc) is 2.73. The van der Waals surface area contributed by atoms with E-state index in [-0.39, 0.29) is 0 Å². The molecule has 1 heterocycles. The minimum Gasteiger partial charge on any atom is -0.497 e. The monoisotopic (exact) mass is 376 g/mol. The number of rotatable bonds is 4. The standard InChI is InChI=1S/C12H10Br2O2S/c1-15-9-2-3-12(11(14)5-9)16-6-10-4-8(13)7-17-10/h2-5,7H,6H2,1H3. The van der Waals surface area contributed by atoms with Gasteiger partial charge in [0.2, 0.25) is 0 Å². The second kappa shape index (κ2) is 5.89. The Labute approximate surface area is 121 Å². The maximum atomic E-state index is 5.72. The van der Waals surface area contributed by atoms with Gasteiger partial charge < -0.3 is 9.47 Å². The van der Waals surface area contributed by atoms with Crippen molar-refractivity contribution in [1.82, 2.24) is 0 Å². The number of benzene rings is 1. The Morgan fingerprint density at radius 1 is 1.24 bits per heavy atom. The molecule has 0 aliphatic carbocycles. The molecule has 17 heavy (non-hydrogen) atoms. The van der Waals surface area contributed by atoms with Crippen molar-refractivity contribution in [3.05, 3.63) is 43.5 Å². The van der Waals surface area contributed by atoms with Crippen LogP contribution in [0.5, 0.6) is 11.5 Å². The van der Waals surface area contributed by atoms with Crippen molar-refractivity contribution in [2.45, 2.75) is 6.61 Å². The van der Waals surface area contributed by atoms with E-state index in [1.165, 1.54) is 4.88 Å². The van der Waals surface area contributed by atoms with Crippen LogP contribution >= 0.6 is 43.2 Å². The van der Waals surface area contributed by atoms with Crippen LogP contribution in [0.4, 0.5) is 0 Å². The molecule has 0 saturated carbocycles. The van der Waals surface area contributed by atoms with Gasteiger partial charge in [-0.2, -0.15) is 0 Å². The number of thiophene rings is 1. The Balaban J connectivity index is 2.04. The van der Waals surface area contributed by atoms with Crippen LogP contribution in [0.25, 0.3) is 0 Å². The third-order valence-electron chi connectivity index (χ3n) is 2.13. The molecule has 0 fully saturated rings. The largest absolute Gasteiger partial charge is 0.497 e. The highest BCUT2D eigenvalue weighted by atomic mass is 79.9.